The van der Waals surface area contributed by atoms with Crippen molar-refractivity contribution in [2.45, 2.75) is 64.7 Å². The first-order valence-electron chi connectivity index (χ1n) is 7.35. The third kappa shape index (κ3) is 6.10. The minimum atomic E-state index is 0.394. The fourth-order valence-corrected chi connectivity index (χ4v) is 3.20. The van der Waals surface area contributed by atoms with E-state index in [1.807, 2.05) is 0 Å². The van der Waals surface area contributed by atoms with Crippen LogP contribution in [-0.4, -0.2) is 18.6 Å². The summed E-state index contributed by atoms with van der Waals surface area (Å²) in [5.74, 6) is 2.25. The Morgan fingerprint density at radius 3 is 2.65 bits per heavy atom. The normalized spacial score (nSPS) is 29.8. The van der Waals surface area contributed by atoms with Gasteiger partial charge in [0.15, 0.2) is 0 Å². The van der Waals surface area contributed by atoms with Crippen molar-refractivity contribution in [1.82, 2.24) is 0 Å². The van der Waals surface area contributed by atoms with E-state index in [-0.39, 0.29) is 0 Å². The Labute approximate surface area is 112 Å². The van der Waals surface area contributed by atoms with E-state index in [0.717, 1.165) is 25.6 Å². The van der Waals surface area contributed by atoms with Crippen LogP contribution in [0.15, 0.2) is 0 Å². The lowest BCUT2D eigenvalue weighted by Gasteiger charge is -2.33. The summed E-state index contributed by atoms with van der Waals surface area (Å²) in [5, 5.41) is 0.394. The topological polar surface area (TPSA) is 9.23 Å². The molecule has 0 spiro atoms. The molecule has 0 N–H and O–H groups in total. The molecule has 0 aromatic carbocycles. The summed E-state index contributed by atoms with van der Waals surface area (Å²) in [6.07, 6.45) is 7.72. The van der Waals surface area contributed by atoms with Gasteiger partial charge in [-0.2, -0.15) is 0 Å². The Morgan fingerprint density at radius 2 is 2.00 bits per heavy atom. The second-order valence-corrected chi connectivity index (χ2v) is 6.56. The third-order valence-electron chi connectivity index (χ3n) is 3.78. The second kappa shape index (κ2) is 8.37. The molecule has 3 atom stereocenters. The maximum absolute atomic E-state index is 6.43. The van der Waals surface area contributed by atoms with Crippen LogP contribution in [0, 0.1) is 17.8 Å². The van der Waals surface area contributed by atoms with Crippen molar-refractivity contribution in [2.24, 2.45) is 17.8 Å². The molecule has 1 rings (SSSR count). The summed E-state index contributed by atoms with van der Waals surface area (Å²) in [6.45, 7) is 8.46. The lowest BCUT2D eigenvalue weighted by atomic mass is 9.78. The van der Waals surface area contributed by atoms with Crippen LogP contribution in [-0.2, 0) is 4.74 Å². The van der Waals surface area contributed by atoms with E-state index in [1.165, 1.54) is 32.1 Å². The van der Waals surface area contributed by atoms with Gasteiger partial charge in [-0.15, -0.1) is 11.6 Å². The lowest BCUT2D eigenvalue weighted by molar-refractivity contribution is 0.0890. The first-order chi connectivity index (χ1) is 8.13. The Morgan fingerprint density at radius 1 is 1.24 bits per heavy atom. The maximum atomic E-state index is 6.43. The van der Waals surface area contributed by atoms with Gasteiger partial charge in [-0.1, -0.05) is 33.6 Å². The fraction of sp³-hybridized carbons (Fsp3) is 1.00. The zero-order valence-electron chi connectivity index (χ0n) is 11.8. The van der Waals surface area contributed by atoms with E-state index in [4.69, 9.17) is 16.3 Å². The van der Waals surface area contributed by atoms with Crippen LogP contribution >= 0.6 is 11.6 Å². The quantitative estimate of drug-likeness (QED) is 0.469. The SMILES string of the molecule is CCCC1CCC(Cl)C(CCOCC(C)C)C1. The summed E-state index contributed by atoms with van der Waals surface area (Å²) < 4.78 is 5.68. The highest BCUT2D eigenvalue weighted by molar-refractivity contribution is 6.20. The van der Waals surface area contributed by atoms with E-state index in [0.29, 0.717) is 17.2 Å². The highest BCUT2D eigenvalue weighted by atomic mass is 35.5. The van der Waals surface area contributed by atoms with Gasteiger partial charge in [0, 0.05) is 18.6 Å². The van der Waals surface area contributed by atoms with Gasteiger partial charge < -0.3 is 4.74 Å². The van der Waals surface area contributed by atoms with Gasteiger partial charge in [0.25, 0.3) is 0 Å². The molecule has 0 saturated heterocycles. The van der Waals surface area contributed by atoms with Gasteiger partial charge in [0.05, 0.1) is 0 Å². The van der Waals surface area contributed by atoms with Crippen LogP contribution in [0.4, 0.5) is 0 Å². The van der Waals surface area contributed by atoms with Gasteiger partial charge in [0.2, 0.25) is 0 Å². The molecule has 0 amide bonds. The van der Waals surface area contributed by atoms with Crippen molar-refractivity contribution in [1.29, 1.82) is 0 Å². The molecular formula is C15H29ClO. The molecule has 102 valence electrons. The average Bonchev–Trinajstić information content (AvgIpc) is 2.28. The summed E-state index contributed by atoms with van der Waals surface area (Å²) in [4.78, 5) is 0. The van der Waals surface area contributed by atoms with Gasteiger partial charge >= 0.3 is 0 Å². The minimum absolute atomic E-state index is 0.394. The van der Waals surface area contributed by atoms with Crippen LogP contribution in [0.1, 0.15) is 59.3 Å². The third-order valence-corrected chi connectivity index (χ3v) is 4.35. The van der Waals surface area contributed by atoms with Crippen LogP contribution in [0.5, 0.6) is 0 Å². The molecule has 0 bridgehead atoms. The van der Waals surface area contributed by atoms with E-state index in [1.54, 1.807) is 0 Å². The summed E-state index contributed by atoms with van der Waals surface area (Å²) >= 11 is 6.43. The van der Waals surface area contributed by atoms with E-state index in [2.05, 4.69) is 20.8 Å². The highest BCUT2D eigenvalue weighted by Gasteiger charge is 2.28. The van der Waals surface area contributed by atoms with Crippen molar-refractivity contribution in [3.63, 3.8) is 0 Å². The molecule has 2 heteroatoms. The minimum Gasteiger partial charge on any atom is -0.381 e. The molecule has 1 aliphatic carbocycles. The monoisotopic (exact) mass is 260 g/mol. The molecule has 0 heterocycles. The zero-order chi connectivity index (χ0) is 12.7. The molecule has 0 aliphatic heterocycles. The van der Waals surface area contributed by atoms with Crippen LogP contribution in [0.2, 0.25) is 0 Å². The summed E-state index contributed by atoms with van der Waals surface area (Å²) in [5.41, 5.74) is 0. The van der Waals surface area contributed by atoms with Gasteiger partial charge in [0.1, 0.15) is 0 Å². The van der Waals surface area contributed by atoms with Crippen molar-refractivity contribution in [3.05, 3.63) is 0 Å². The second-order valence-electron chi connectivity index (χ2n) is 6.00. The number of alkyl halides is 1. The molecule has 1 saturated carbocycles. The van der Waals surface area contributed by atoms with Crippen LogP contribution in [0.25, 0.3) is 0 Å². The predicted molar refractivity (Wildman–Crippen MR) is 75.7 cm³/mol. The number of rotatable bonds is 7. The molecule has 0 radical (unpaired) electrons. The first-order valence-corrected chi connectivity index (χ1v) is 7.78. The van der Waals surface area contributed by atoms with E-state index >= 15 is 0 Å². The number of ether oxygens (including phenoxy) is 1. The summed E-state index contributed by atoms with van der Waals surface area (Å²) in [6, 6.07) is 0. The van der Waals surface area contributed by atoms with Crippen molar-refractivity contribution in [2.75, 3.05) is 13.2 Å². The zero-order valence-corrected chi connectivity index (χ0v) is 12.5. The smallest absolute Gasteiger partial charge is 0.0488 e. The molecule has 1 fully saturated rings. The Hall–Kier alpha value is 0.250. The van der Waals surface area contributed by atoms with Gasteiger partial charge in [-0.25, -0.2) is 0 Å². The number of halogens is 1. The molecule has 0 aromatic rings. The molecule has 17 heavy (non-hydrogen) atoms. The largest absolute Gasteiger partial charge is 0.381 e. The van der Waals surface area contributed by atoms with Crippen LogP contribution in [0.3, 0.4) is 0 Å². The van der Waals surface area contributed by atoms with Crippen molar-refractivity contribution >= 4 is 11.6 Å². The molecule has 1 aliphatic rings. The Bertz CT molecular complexity index is 193. The maximum Gasteiger partial charge on any atom is 0.0488 e. The standard InChI is InChI=1S/C15H29ClO/c1-4-5-13-6-7-15(16)14(10-13)8-9-17-11-12(2)3/h12-15H,4-11H2,1-3H3. The lowest BCUT2D eigenvalue weighted by Crippen LogP contribution is -2.26. The van der Waals surface area contributed by atoms with Crippen LogP contribution < -0.4 is 0 Å². The molecule has 0 aromatic heterocycles. The van der Waals surface area contributed by atoms with Crippen molar-refractivity contribution in [3.8, 4) is 0 Å². The predicted octanol–water partition coefficient (Wildman–Crippen LogP) is 4.87. The average molecular weight is 261 g/mol. The highest BCUT2D eigenvalue weighted by Crippen LogP contribution is 2.36. The molecule has 3 unspecified atom stereocenters. The number of hydrogen-bond donors (Lipinski definition) is 0. The fourth-order valence-electron chi connectivity index (χ4n) is 2.85. The Balaban J connectivity index is 2.20. The molecule has 1 nitrogen and oxygen atoms in total. The Kier molecular flexibility index (Phi) is 7.54. The van der Waals surface area contributed by atoms with E-state index in [9.17, 15) is 0 Å². The molecular weight excluding hydrogens is 232 g/mol. The van der Waals surface area contributed by atoms with Gasteiger partial charge in [-0.05, 0) is 43.4 Å². The first kappa shape index (κ1) is 15.3. The number of hydrogen-bond acceptors (Lipinski definition) is 1. The van der Waals surface area contributed by atoms with E-state index < -0.39 is 0 Å². The summed E-state index contributed by atoms with van der Waals surface area (Å²) in [7, 11) is 0. The van der Waals surface area contributed by atoms with Gasteiger partial charge in [-0.3, -0.25) is 0 Å². The van der Waals surface area contributed by atoms with Crippen molar-refractivity contribution < 1.29 is 4.74 Å².